The molecule has 0 radical (unpaired) electrons. The van der Waals surface area contributed by atoms with Crippen molar-refractivity contribution in [2.75, 3.05) is 49.9 Å². The predicted molar refractivity (Wildman–Crippen MR) is 178 cm³/mol. The minimum absolute atomic E-state index is 0.0472. The van der Waals surface area contributed by atoms with Gasteiger partial charge in [-0.2, -0.15) is 0 Å². The molecule has 46 heavy (non-hydrogen) atoms. The van der Waals surface area contributed by atoms with Gasteiger partial charge in [-0.3, -0.25) is 20.2 Å². The van der Waals surface area contributed by atoms with Gasteiger partial charge in [0.25, 0.3) is 11.6 Å². The fourth-order valence-electron chi connectivity index (χ4n) is 5.68. The zero-order valence-corrected chi connectivity index (χ0v) is 26.0. The Morgan fingerprint density at radius 3 is 2.54 bits per heavy atom. The molecule has 2 amide bonds. The van der Waals surface area contributed by atoms with Crippen LogP contribution in [-0.2, 0) is 11.3 Å². The van der Waals surface area contributed by atoms with E-state index in [-0.39, 0.29) is 24.1 Å². The standard InChI is InChI=1S/C34H32ClN5O6/c1-38(2)13-14-45-25-11-12-28-22(15-25)16-30(36-28)33(41)39-19-23(18-35)32-27-6-4-3-5-26(27)29(17-31(32)39)37-34(42)46-20-21-7-9-24(10-8-21)40(43)44/h3-12,15-17,23,36H,13-14,18-20H2,1-2H3,(H,37,42). The van der Waals surface area contributed by atoms with Crippen molar-refractivity contribution in [3.8, 4) is 5.75 Å². The molecule has 0 spiro atoms. The number of rotatable bonds is 10. The molecule has 5 aromatic rings. The molecule has 4 aromatic carbocycles. The maximum atomic E-state index is 14.0. The third-order valence-corrected chi connectivity index (χ3v) is 8.35. The van der Waals surface area contributed by atoms with Crippen molar-refractivity contribution in [1.82, 2.24) is 9.88 Å². The predicted octanol–water partition coefficient (Wildman–Crippen LogP) is 6.90. The number of likely N-dealkylation sites (N-methyl/N-ethyl adjacent to an activating group) is 1. The average molecular weight is 642 g/mol. The van der Waals surface area contributed by atoms with Crippen LogP contribution in [0.1, 0.15) is 27.5 Å². The van der Waals surface area contributed by atoms with Gasteiger partial charge in [-0.05, 0) is 73.1 Å². The van der Waals surface area contributed by atoms with Gasteiger partial charge in [0.1, 0.15) is 24.7 Å². The van der Waals surface area contributed by atoms with E-state index in [2.05, 4.69) is 10.3 Å². The van der Waals surface area contributed by atoms with E-state index >= 15 is 0 Å². The van der Waals surface area contributed by atoms with Crippen molar-refractivity contribution in [3.63, 3.8) is 0 Å². The number of nitrogens with one attached hydrogen (secondary N) is 2. The van der Waals surface area contributed by atoms with Gasteiger partial charge in [0.15, 0.2) is 0 Å². The van der Waals surface area contributed by atoms with E-state index in [1.54, 1.807) is 11.0 Å². The van der Waals surface area contributed by atoms with Crippen molar-refractivity contribution in [2.45, 2.75) is 12.5 Å². The average Bonchev–Trinajstić information content (AvgIpc) is 3.65. The van der Waals surface area contributed by atoms with Crippen LogP contribution in [0.3, 0.4) is 0 Å². The molecule has 0 fully saturated rings. The third kappa shape index (κ3) is 6.33. The largest absolute Gasteiger partial charge is 0.492 e. The lowest BCUT2D eigenvalue weighted by Gasteiger charge is -2.19. The number of nitro groups is 1. The number of anilines is 2. The van der Waals surface area contributed by atoms with Crippen molar-refractivity contribution < 1.29 is 24.0 Å². The number of aromatic nitrogens is 1. The second kappa shape index (κ2) is 13.1. The summed E-state index contributed by atoms with van der Waals surface area (Å²) >= 11 is 6.46. The summed E-state index contributed by atoms with van der Waals surface area (Å²) in [6.07, 6.45) is -0.701. The van der Waals surface area contributed by atoms with Crippen LogP contribution in [0.25, 0.3) is 21.7 Å². The topological polar surface area (TPSA) is 130 Å². The van der Waals surface area contributed by atoms with Gasteiger partial charge in [0.2, 0.25) is 0 Å². The Hall–Kier alpha value is -5.13. The molecule has 0 saturated heterocycles. The van der Waals surface area contributed by atoms with Crippen LogP contribution in [-0.4, -0.2) is 66.5 Å². The number of aromatic amines is 1. The summed E-state index contributed by atoms with van der Waals surface area (Å²) in [5, 5.41) is 16.3. The number of ether oxygens (including phenoxy) is 2. The van der Waals surface area contributed by atoms with Crippen LogP contribution >= 0.6 is 11.6 Å². The molecular weight excluding hydrogens is 610 g/mol. The Morgan fingerprint density at radius 1 is 1.07 bits per heavy atom. The minimum atomic E-state index is -0.701. The second-order valence-corrected chi connectivity index (χ2v) is 11.7. The van der Waals surface area contributed by atoms with E-state index in [1.807, 2.05) is 67.5 Å². The number of benzene rings is 4. The first kappa shape index (κ1) is 30.9. The quantitative estimate of drug-likeness (QED) is 0.0963. The molecule has 6 rings (SSSR count). The first-order chi connectivity index (χ1) is 22.2. The van der Waals surface area contributed by atoms with Crippen LogP contribution in [0.2, 0.25) is 0 Å². The van der Waals surface area contributed by atoms with Gasteiger partial charge in [-0.15, -0.1) is 11.6 Å². The number of hydrogen-bond acceptors (Lipinski definition) is 7. The molecule has 0 bridgehead atoms. The van der Waals surface area contributed by atoms with Crippen LogP contribution in [0, 0.1) is 10.1 Å². The van der Waals surface area contributed by atoms with E-state index in [9.17, 15) is 19.7 Å². The number of hydrogen-bond donors (Lipinski definition) is 2. The highest BCUT2D eigenvalue weighted by atomic mass is 35.5. The number of carbonyl (C=O) groups is 2. The molecule has 2 N–H and O–H groups in total. The van der Waals surface area contributed by atoms with Crippen molar-refractivity contribution >= 4 is 62.3 Å². The molecule has 1 unspecified atom stereocenters. The van der Waals surface area contributed by atoms with E-state index in [0.29, 0.717) is 41.7 Å². The summed E-state index contributed by atoms with van der Waals surface area (Å²) in [6, 6.07) is 22.7. The number of halogens is 1. The summed E-state index contributed by atoms with van der Waals surface area (Å²) < 4.78 is 11.3. The molecule has 0 saturated carbocycles. The monoisotopic (exact) mass is 641 g/mol. The SMILES string of the molecule is CN(C)CCOc1ccc2[nH]c(C(=O)N3CC(CCl)c4c3cc(NC(=O)OCc3ccc([N+](=O)[O-])cc3)c3ccccc43)cc2c1. The molecule has 1 aliphatic rings. The minimum Gasteiger partial charge on any atom is -0.492 e. The molecule has 12 heteroatoms. The number of H-pyrrole nitrogens is 1. The van der Waals surface area contributed by atoms with Gasteiger partial charge >= 0.3 is 6.09 Å². The lowest BCUT2D eigenvalue weighted by atomic mass is 9.95. The lowest BCUT2D eigenvalue weighted by molar-refractivity contribution is -0.384. The smallest absolute Gasteiger partial charge is 0.411 e. The van der Waals surface area contributed by atoms with E-state index in [0.717, 1.165) is 39.5 Å². The van der Waals surface area contributed by atoms with E-state index < -0.39 is 11.0 Å². The number of nitrogens with zero attached hydrogens (tertiary/aromatic N) is 3. The number of non-ortho nitro benzene ring substituents is 1. The maximum Gasteiger partial charge on any atom is 0.411 e. The highest BCUT2D eigenvalue weighted by Gasteiger charge is 2.35. The summed E-state index contributed by atoms with van der Waals surface area (Å²) in [5.41, 5.74) is 3.87. The normalized spacial score (nSPS) is 14.1. The van der Waals surface area contributed by atoms with Crippen LogP contribution < -0.4 is 15.0 Å². The summed E-state index contributed by atoms with van der Waals surface area (Å²) in [7, 11) is 3.97. The zero-order valence-electron chi connectivity index (χ0n) is 25.3. The highest BCUT2D eigenvalue weighted by Crippen LogP contribution is 2.45. The molecule has 0 aliphatic carbocycles. The Balaban J connectivity index is 1.26. The van der Waals surface area contributed by atoms with Gasteiger partial charge in [0, 0.05) is 53.3 Å². The first-order valence-electron chi connectivity index (χ1n) is 14.7. The highest BCUT2D eigenvalue weighted by molar-refractivity contribution is 6.20. The maximum absolute atomic E-state index is 14.0. The second-order valence-electron chi connectivity index (χ2n) is 11.4. The summed E-state index contributed by atoms with van der Waals surface area (Å²) in [6.45, 7) is 1.64. The molecule has 1 atom stereocenters. The fourth-order valence-corrected chi connectivity index (χ4v) is 5.94. The van der Waals surface area contributed by atoms with Gasteiger partial charge < -0.3 is 24.3 Å². The number of amides is 2. The first-order valence-corrected chi connectivity index (χ1v) is 15.3. The van der Waals surface area contributed by atoms with Crippen molar-refractivity contribution in [3.05, 3.63) is 106 Å². The van der Waals surface area contributed by atoms with Crippen LogP contribution in [0.4, 0.5) is 21.9 Å². The van der Waals surface area contributed by atoms with E-state index in [4.69, 9.17) is 21.1 Å². The number of carbonyl (C=O) groups excluding carboxylic acids is 2. The third-order valence-electron chi connectivity index (χ3n) is 7.98. The van der Waals surface area contributed by atoms with Gasteiger partial charge in [0.05, 0.1) is 16.3 Å². The summed E-state index contributed by atoms with van der Waals surface area (Å²) in [5.74, 6) is 0.700. The molecule has 1 aliphatic heterocycles. The van der Waals surface area contributed by atoms with E-state index in [1.165, 1.54) is 24.3 Å². The molecule has 1 aromatic heterocycles. The van der Waals surface area contributed by atoms with Crippen molar-refractivity contribution in [1.29, 1.82) is 0 Å². The molecule has 11 nitrogen and oxygen atoms in total. The lowest BCUT2D eigenvalue weighted by Crippen LogP contribution is -2.30. The fraction of sp³-hybridized carbons (Fsp3) is 0.235. The number of nitro benzene ring substituents is 1. The summed E-state index contributed by atoms with van der Waals surface area (Å²) in [4.78, 5) is 44.4. The Labute approximate surface area is 269 Å². The Morgan fingerprint density at radius 2 is 1.83 bits per heavy atom. The van der Waals surface area contributed by atoms with Crippen LogP contribution in [0.15, 0.2) is 78.9 Å². The van der Waals surface area contributed by atoms with Crippen molar-refractivity contribution in [2.24, 2.45) is 0 Å². The molecule has 236 valence electrons. The van der Waals surface area contributed by atoms with Gasteiger partial charge in [-0.1, -0.05) is 24.3 Å². The van der Waals surface area contributed by atoms with Gasteiger partial charge in [-0.25, -0.2) is 4.79 Å². The zero-order chi connectivity index (χ0) is 32.4. The number of alkyl halides is 1. The molecular formula is C34H32ClN5O6. The van der Waals surface area contributed by atoms with Crippen LogP contribution in [0.5, 0.6) is 5.75 Å². The Kier molecular flexibility index (Phi) is 8.78. The molecule has 2 heterocycles. The Bertz CT molecular complexity index is 1940. The number of fused-ring (bicyclic) bond motifs is 4.